The third kappa shape index (κ3) is 3.69. The van der Waals surface area contributed by atoms with Crippen molar-refractivity contribution >= 4 is 21.6 Å². The number of nitrogens with two attached hydrogens (primary N) is 2. The van der Waals surface area contributed by atoms with E-state index in [0.29, 0.717) is 19.6 Å². The van der Waals surface area contributed by atoms with Gasteiger partial charge in [-0.05, 0) is 24.6 Å². The number of hydrogen-bond donors (Lipinski definition) is 2. The monoisotopic (exact) mass is 301 g/mol. The van der Waals surface area contributed by atoms with Crippen LogP contribution in [-0.2, 0) is 14.8 Å². The zero-order chi connectivity index (χ0) is 15.3. The Morgan fingerprint density at radius 2 is 2.05 bits per heavy atom. The number of hydrogen-bond acceptors (Lipinski definition) is 5. The molecule has 112 valence electrons. The highest BCUT2D eigenvalue weighted by atomic mass is 32.2. The Morgan fingerprint density at radius 1 is 1.40 bits per heavy atom. The topological polar surface area (TPSA) is 116 Å². The standard InChI is InChI=1S/C12H19N3O4S/c1-15(6-3-7-19-2)20(17,18)11-5-4-9(12(14)16)8-10(11)13/h4-5,8H,3,6-7,13H2,1-2H3,(H2,14,16). The number of rotatable bonds is 7. The van der Waals surface area contributed by atoms with Crippen LogP contribution in [0.25, 0.3) is 0 Å². The van der Waals surface area contributed by atoms with Crippen molar-refractivity contribution in [3.05, 3.63) is 23.8 Å². The summed E-state index contributed by atoms with van der Waals surface area (Å²) >= 11 is 0. The molecular formula is C12H19N3O4S. The summed E-state index contributed by atoms with van der Waals surface area (Å²) in [5.41, 5.74) is 11.0. The fourth-order valence-electron chi connectivity index (χ4n) is 1.66. The number of primary amides is 1. The van der Waals surface area contributed by atoms with Gasteiger partial charge < -0.3 is 16.2 Å². The van der Waals surface area contributed by atoms with Crippen molar-refractivity contribution < 1.29 is 17.9 Å². The summed E-state index contributed by atoms with van der Waals surface area (Å²) in [6.07, 6.45) is 0.575. The molecule has 1 rings (SSSR count). The third-order valence-corrected chi connectivity index (χ3v) is 4.73. The Balaban J connectivity index is 3.00. The molecule has 0 aliphatic heterocycles. The minimum Gasteiger partial charge on any atom is -0.398 e. The van der Waals surface area contributed by atoms with Crippen LogP contribution in [0, 0.1) is 0 Å². The average Bonchev–Trinajstić information content (AvgIpc) is 2.38. The van der Waals surface area contributed by atoms with E-state index in [-0.39, 0.29) is 16.1 Å². The Hall–Kier alpha value is -1.64. The molecule has 0 saturated heterocycles. The molecule has 0 spiro atoms. The van der Waals surface area contributed by atoms with Gasteiger partial charge in [-0.15, -0.1) is 0 Å². The van der Waals surface area contributed by atoms with Crippen molar-refractivity contribution in [2.45, 2.75) is 11.3 Å². The number of ether oxygens (including phenoxy) is 1. The molecule has 0 radical (unpaired) electrons. The molecule has 0 aromatic heterocycles. The first kappa shape index (κ1) is 16.4. The summed E-state index contributed by atoms with van der Waals surface area (Å²) in [6.45, 7) is 0.781. The Morgan fingerprint density at radius 3 is 2.55 bits per heavy atom. The van der Waals surface area contributed by atoms with Crippen LogP contribution in [-0.4, -0.2) is 45.9 Å². The van der Waals surface area contributed by atoms with Gasteiger partial charge in [0.15, 0.2) is 0 Å². The van der Waals surface area contributed by atoms with Crippen molar-refractivity contribution in [2.24, 2.45) is 5.73 Å². The van der Waals surface area contributed by atoms with Crippen LogP contribution in [0.1, 0.15) is 16.8 Å². The van der Waals surface area contributed by atoms with Crippen molar-refractivity contribution in [1.29, 1.82) is 0 Å². The quantitative estimate of drug-likeness (QED) is 0.544. The van der Waals surface area contributed by atoms with Gasteiger partial charge in [-0.3, -0.25) is 4.79 Å². The Labute approximate surface area is 118 Å². The van der Waals surface area contributed by atoms with Crippen LogP contribution >= 0.6 is 0 Å². The lowest BCUT2D eigenvalue weighted by Crippen LogP contribution is -2.29. The van der Waals surface area contributed by atoms with E-state index in [9.17, 15) is 13.2 Å². The smallest absolute Gasteiger partial charge is 0.248 e. The molecule has 0 aliphatic carbocycles. The van der Waals surface area contributed by atoms with Gasteiger partial charge >= 0.3 is 0 Å². The highest BCUT2D eigenvalue weighted by Crippen LogP contribution is 2.22. The fraction of sp³-hybridized carbons (Fsp3) is 0.417. The molecular weight excluding hydrogens is 282 g/mol. The Kier molecular flexibility index (Phi) is 5.49. The van der Waals surface area contributed by atoms with Gasteiger partial charge in [-0.1, -0.05) is 0 Å². The van der Waals surface area contributed by atoms with E-state index in [1.165, 1.54) is 29.6 Å². The lowest BCUT2D eigenvalue weighted by Gasteiger charge is -2.18. The maximum absolute atomic E-state index is 12.3. The second kappa shape index (κ2) is 6.69. The highest BCUT2D eigenvalue weighted by Gasteiger charge is 2.23. The first-order chi connectivity index (χ1) is 9.30. The van der Waals surface area contributed by atoms with Gasteiger partial charge in [0.1, 0.15) is 4.90 Å². The second-order valence-electron chi connectivity index (χ2n) is 4.29. The first-order valence-corrected chi connectivity index (χ1v) is 7.39. The van der Waals surface area contributed by atoms with Gasteiger partial charge in [-0.2, -0.15) is 0 Å². The van der Waals surface area contributed by atoms with E-state index < -0.39 is 15.9 Å². The zero-order valence-corrected chi connectivity index (χ0v) is 12.3. The molecule has 0 aliphatic rings. The molecule has 0 unspecified atom stereocenters. The molecule has 4 N–H and O–H groups in total. The summed E-state index contributed by atoms with van der Waals surface area (Å²) in [5.74, 6) is -0.658. The van der Waals surface area contributed by atoms with Gasteiger partial charge in [-0.25, -0.2) is 12.7 Å². The van der Waals surface area contributed by atoms with Gasteiger partial charge in [0.05, 0.1) is 5.69 Å². The molecule has 1 aromatic rings. The number of nitrogen functional groups attached to an aromatic ring is 1. The van der Waals surface area contributed by atoms with Gasteiger partial charge in [0, 0.05) is 32.9 Å². The van der Waals surface area contributed by atoms with E-state index in [1.54, 1.807) is 7.11 Å². The third-order valence-electron chi connectivity index (χ3n) is 2.80. The van der Waals surface area contributed by atoms with Crippen molar-refractivity contribution in [2.75, 3.05) is 33.0 Å². The fourth-order valence-corrected chi connectivity index (χ4v) is 2.96. The summed E-state index contributed by atoms with van der Waals surface area (Å²) in [4.78, 5) is 11.0. The van der Waals surface area contributed by atoms with Crippen molar-refractivity contribution in [3.63, 3.8) is 0 Å². The maximum Gasteiger partial charge on any atom is 0.248 e. The molecule has 0 saturated carbocycles. The molecule has 1 amide bonds. The van der Waals surface area contributed by atoms with E-state index in [4.69, 9.17) is 16.2 Å². The molecule has 8 heteroatoms. The number of amides is 1. The minimum absolute atomic E-state index is 0.000100. The number of methoxy groups -OCH3 is 1. The van der Waals surface area contributed by atoms with Crippen LogP contribution in [0.2, 0.25) is 0 Å². The largest absolute Gasteiger partial charge is 0.398 e. The zero-order valence-electron chi connectivity index (χ0n) is 11.5. The molecule has 0 heterocycles. The first-order valence-electron chi connectivity index (χ1n) is 5.95. The SMILES string of the molecule is COCCCN(C)S(=O)(=O)c1ccc(C(N)=O)cc1N. The van der Waals surface area contributed by atoms with E-state index >= 15 is 0 Å². The maximum atomic E-state index is 12.3. The van der Waals surface area contributed by atoms with E-state index in [0.717, 1.165) is 0 Å². The molecule has 20 heavy (non-hydrogen) atoms. The minimum atomic E-state index is -3.69. The normalized spacial score (nSPS) is 11.8. The molecule has 7 nitrogen and oxygen atoms in total. The summed E-state index contributed by atoms with van der Waals surface area (Å²) in [5, 5.41) is 0. The van der Waals surface area contributed by atoms with Crippen LogP contribution in [0.5, 0.6) is 0 Å². The number of carbonyl (C=O) groups is 1. The average molecular weight is 301 g/mol. The summed E-state index contributed by atoms with van der Waals surface area (Å²) in [6, 6.07) is 3.89. The van der Waals surface area contributed by atoms with Crippen LogP contribution in [0.15, 0.2) is 23.1 Å². The number of nitrogens with zero attached hydrogens (tertiary/aromatic N) is 1. The number of sulfonamides is 1. The second-order valence-corrected chi connectivity index (χ2v) is 6.30. The number of carbonyl (C=O) groups excluding carboxylic acids is 1. The van der Waals surface area contributed by atoms with Gasteiger partial charge in [0.25, 0.3) is 0 Å². The van der Waals surface area contributed by atoms with Crippen LogP contribution in [0.4, 0.5) is 5.69 Å². The van der Waals surface area contributed by atoms with E-state index in [1.807, 2.05) is 0 Å². The summed E-state index contributed by atoms with van der Waals surface area (Å²) in [7, 11) is -0.677. The molecule has 0 atom stereocenters. The predicted octanol–water partition coefficient (Wildman–Crippen LogP) is 0.0247. The van der Waals surface area contributed by atoms with Crippen LogP contribution < -0.4 is 11.5 Å². The van der Waals surface area contributed by atoms with Crippen LogP contribution in [0.3, 0.4) is 0 Å². The summed E-state index contributed by atoms with van der Waals surface area (Å²) < 4.78 is 30.7. The van der Waals surface area contributed by atoms with Gasteiger partial charge in [0.2, 0.25) is 15.9 Å². The van der Waals surface area contributed by atoms with Crippen molar-refractivity contribution in [3.8, 4) is 0 Å². The highest BCUT2D eigenvalue weighted by molar-refractivity contribution is 7.89. The number of anilines is 1. The number of benzene rings is 1. The van der Waals surface area contributed by atoms with E-state index in [2.05, 4.69) is 0 Å². The van der Waals surface area contributed by atoms with Crippen molar-refractivity contribution in [1.82, 2.24) is 4.31 Å². The molecule has 0 fully saturated rings. The Bertz CT molecular complexity index is 586. The molecule has 1 aromatic carbocycles. The lowest BCUT2D eigenvalue weighted by molar-refractivity contribution is 0.1000. The predicted molar refractivity (Wildman–Crippen MR) is 75.7 cm³/mol. The molecule has 0 bridgehead atoms. The lowest BCUT2D eigenvalue weighted by atomic mass is 10.2.